The third-order valence-corrected chi connectivity index (χ3v) is 11.2. The van der Waals surface area contributed by atoms with Crippen molar-refractivity contribution >= 4 is 29.8 Å². The lowest BCUT2D eigenvalue weighted by atomic mass is 9.53. The van der Waals surface area contributed by atoms with E-state index in [1.54, 1.807) is 66.7 Å². The summed E-state index contributed by atoms with van der Waals surface area (Å²) in [6.07, 6.45) is -7.10. The molecule has 316 valence electrons. The topological polar surface area (TPSA) is 213 Å². The highest BCUT2D eigenvalue weighted by Crippen LogP contribution is 2.58. The summed E-state index contributed by atoms with van der Waals surface area (Å²) < 4.78 is 35.4. The molecule has 2 aliphatic carbocycles. The minimum Gasteiger partial charge on any atom is -0.493 e. The first-order valence-corrected chi connectivity index (χ1v) is 19.2. The molecular formula is C42H59NO14. The standard InChI is InChI=1S/C42H59NO14/c1-22(2)19-27(43-38(50)57-39(6,7)8)32(46)37(49)54-28-20-42(51)35(55-36(48)26-15-13-12-14-16-26)31(41(56-25(5)45)21-53-29(41)17-18-44)24(4)34(52-11)33(47)30(23(28)3)40(42,9)10/h12-16,22,27-29,31-32,35,44,46,51H,17-21H2,1-11H3,(H,43,50)/b34-24+/t27-,28-,29+,31?,32+,35-,41-,42+/m0/s1. The molecule has 2 bridgehead atoms. The van der Waals surface area contributed by atoms with E-state index in [-0.39, 0.29) is 60.0 Å². The Bertz CT molecular complexity index is 1760. The third-order valence-electron chi connectivity index (χ3n) is 11.2. The number of allylic oxidation sites excluding steroid dienone is 1. The van der Waals surface area contributed by atoms with Crippen molar-refractivity contribution in [3.8, 4) is 0 Å². The molecule has 1 unspecified atom stereocenters. The fourth-order valence-electron chi connectivity index (χ4n) is 8.50. The zero-order valence-electron chi connectivity index (χ0n) is 34.8. The van der Waals surface area contributed by atoms with Crippen LogP contribution in [0.3, 0.4) is 0 Å². The number of Topliss-reactive ketones (excluding diaryl/α,β-unsaturated/α-hetero) is 1. The first kappa shape index (κ1) is 45.4. The van der Waals surface area contributed by atoms with E-state index in [0.29, 0.717) is 0 Å². The number of nitrogens with one attached hydrogen (secondary N) is 1. The number of aliphatic hydroxyl groups is 3. The Morgan fingerprint density at radius 1 is 1.04 bits per heavy atom. The molecule has 1 saturated heterocycles. The van der Waals surface area contributed by atoms with Gasteiger partial charge in [-0.15, -0.1) is 0 Å². The minimum absolute atomic E-state index is 0.00265. The summed E-state index contributed by atoms with van der Waals surface area (Å²) in [6, 6.07) is 6.87. The summed E-state index contributed by atoms with van der Waals surface area (Å²) in [5.74, 6) is -5.03. The van der Waals surface area contributed by atoms with Gasteiger partial charge in [0.15, 0.2) is 17.5 Å². The van der Waals surface area contributed by atoms with Crippen LogP contribution < -0.4 is 5.32 Å². The molecule has 15 nitrogen and oxygen atoms in total. The highest BCUT2D eigenvalue weighted by Gasteiger charge is 2.70. The fourth-order valence-corrected chi connectivity index (χ4v) is 8.50. The number of esters is 3. The van der Waals surface area contributed by atoms with Crippen molar-refractivity contribution < 1.29 is 67.7 Å². The second-order valence-electron chi connectivity index (χ2n) is 17.1. The fraction of sp³-hybridized carbons (Fsp3) is 0.643. The number of benzene rings is 1. The molecule has 1 aromatic carbocycles. The number of alkyl carbamates (subject to hydrolysis) is 1. The molecule has 0 spiro atoms. The second-order valence-corrected chi connectivity index (χ2v) is 17.1. The van der Waals surface area contributed by atoms with Crippen molar-refractivity contribution in [3.05, 3.63) is 58.4 Å². The van der Waals surface area contributed by atoms with Gasteiger partial charge in [0.05, 0.1) is 31.2 Å². The van der Waals surface area contributed by atoms with Crippen molar-refractivity contribution in [3.63, 3.8) is 0 Å². The molecule has 3 aliphatic rings. The van der Waals surface area contributed by atoms with E-state index in [9.17, 15) is 39.3 Å². The average Bonchev–Trinajstić information content (AvgIpc) is 3.10. The first-order chi connectivity index (χ1) is 26.4. The van der Waals surface area contributed by atoms with E-state index in [1.807, 2.05) is 13.8 Å². The van der Waals surface area contributed by atoms with E-state index < -0.39 is 94.8 Å². The van der Waals surface area contributed by atoms with Crippen molar-refractivity contribution in [1.82, 2.24) is 5.32 Å². The zero-order valence-corrected chi connectivity index (χ0v) is 34.8. The van der Waals surface area contributed by atoms with Gasteiger partial charge in [0.2, 0.25) is 5.78 Å². The van der Waals surface area contributed by atoms with Gasteiger partial charge in [-0.25, -0.2) is 14.4 Å². The van der Waals surface area contributed by atoms with E-state index >= 15 is 0 Å². The Labute approximate surface area is 334 Å². The maximum atomic E-state index is 14.8. The molecule has 8 atom stereocenters. The molecule has 57 heavy (non-hydrogen) atoms. The normalized spacial score (nSPS) is 29.6. The minimum atomic E-state index is -2.28. The summed E-state index contributed by atoms with van der Waals surface area (Å²) in [5.41, 5.74) is -5.86. The second kappa shape index (κ2) is 17.3. The Morgan fingerprint density at radius 2 is 1.67 bits per heavy atom. The van der Waals surface area contributed by atoms with E-state index in [4.69, 9.17) is 28.4 Å². The molecule has 1 heterocycles. The number of methoxy groups -OCH3 is 1. The van der Waals surface area contributed by atoms with Gasteiger partial charge in [-0.2, -0.15) is 0 Å². The van der Waals surface area contributed by atoms with Gasteiger partial charge >= 0.3 is 24.0 Å². The number of ketones is 1. The number of hydrogen-bond donors (Lipinski definition) is 4. The highest BCUT2D eigenvalue weighted by atomic mass is 16.6. The smallest absolute Gasteiger partial charge is 0.407 e. The number of carbonyl (C=O) groups excluding carboxylic acids is 5. The number of fused-ring (bicyclic) bond motifs is 2. The summed E-state index contributed by atoms with van der Waals surface area (Å²) in [5, 5.41) is 37.4. The zero-order chi connectivity index (χ0) is 42.8. The molecule has 1 amide bonds. The molecule has 4 rings (SSSR count). The van der Waals surface area contributed by atoms with Crippen LogP contribution >= 0.6 is 0 Å². The van der Waals surface area contributed by atoms with Gasteiger partial charge in [-0.1, -0.05) is 45.9 Å². The number of amides is 1. The van der Waals surface area contributed by atoms with Crippen LogP contribution in [0.1, 0.15) is 98.9 Å². The third kappa shape index (κ3) is 9.06. The molecule has 1 aliphatic heterocycles. The van der Waals surface area contributed by atoms with Gasteiger partial charge in [0.25, 0.3) is 0 Å². The van der Waals surface area contributed by atoms with Crippen LogP contribution in [0.2, 0.25) is 0 Å². The lowest BCUT2D eigenvalue weighted by Crippen LogP contribution is -2.73. The average molecular weight is 802 g/mol. The summed E-state index contributed by atoms with van der Waals surface area (Å²) in [7, 11) is 1.28. The Kier molecular flexibility index (Phi) is 13.8. The van der Waals surface area contributed by atoms with E-state index in [1.165, 1.54) is 26.2 Å². The van der Waals surface area contributed by atoms with Crippen molar-refractivity contribution in [1.29, 1.82) is 0 Å². The van der Waals surface area contributed by atoms with E-state index in [0.717, 1.165) is 0 Å². The Balaban J connectivity index is 1.93. The number of ether oxygens (including phenoxy) is 6. The molecule has 15 heteroatoms. The summed E-state index contributed by atoms with van der Waals surface area (Å²) in [4.78, 5) is 68.5. The van der Waals surface area contributed by atoms with Gasteiger partial charge in [0, 0.05) is 37.4 Å². The van der Waals surface area contributed by atoms with Crippen molar-refractivity contribution in [2.75, 3.05) is 20.3 Å². The van der Waals surface area contributed by atoms with Crippen LogP contribution in [-0.2, 0) is 42.8 Å². The van der Waals surface area contributed by atoms with Gasteiger partial charge in [0.1, 0.15) is 29.5 Å². The molecule has 4 N–H and O–H groups in total. The van der Waals surface area contributed by atoms with E-state index in [2.05, 4.69) is 5.32 Å². The van der Waals surface area contributed by atoms with Crippen LogP contribution in [-0.4, -0.2) is 113 Å². The number of rotatable bonds is 13. The summed E-state index contributed by atoms with van der Waals surface area (Å²) >= 11 is 0. The van der Waals surface area contributed by atoms with Crippen molar-refractivity contribution in [2.24, 2.45) is 17.3 Å². The largest absolute Gasteiger partial charge is 0.493 e. The van der Waals surface area contributed by atoms with Crippen LogP contribution in [0.5, 0.6) is 0 Å². The predicted molar refractivity (Wildman–Crippen MR) is 204 cm³/mol. The lowest BCUT2D eigenvalue weighted by molar-refractivity contribution is -0.295. The predicted octanol–water partition coefficient (Wildman–Crippen LogP) is 4.10. The SMILES string of the molecule is CO/C1=C(\C)C([C@]2(OC(C)=O)CO[C@@H]2CCO)[C@H](OC(=O)c2ccccc2)[C@]2(O)C[C@H](OC(=O)[C@H](O)[C@H](CC(C)C)NC(=O)OC(C)(C)C)C(C)=C(C1=O)C2(C)C. The van der Waals surface area contributed by atoms with Gasteiger partial charge in [-0.05, 0) is 70.2 Å². The molecule has 1 fully saturated rings. The molecular weight excluding hydrogens is 742 g/mol. The molecule has 0 saturated carbocycles. The van der Waals surface area contributed by atoms with Crippen LogP contribution in [0.15, 0.2) is 52.8 Å². The van der Waals surface area contributed by atoms with Crippen LogP contribution in [0.4, 0.5) is 4.79 Å². The van der Waals surface area contributed by atoms with Crippen LogP contribution in [0, 0.1) is 17.3 Å². The van der Waals surface area contributed by atoms with Crippen LogP contribution in [0.25, 0.3) is 0 Å². The molecule has 0 aromatic heterocycles. The Hall–Kier alpha value is -4.31. The maximum absolute atomic E-state index is 14.8. The highest BCUT2D eigenvalue weighted by molar-refractivity contribution is 6.09. The number of aliphatic hydroxyl groups excluding tert-OH is 2. The quantitative estimate of drug-likeness (QED) is 0.163. The summed E-state index contributed by atoms with van der Waals surface area (Å²) in [6.45, 7) is 15.5. The number of carbonyl (C=O) groups is 5. The molecule has 1 aromatic rings. The van der Waals surface area contributed by atoms with Gasteiger partial charge in [-0.3, -0.25) is 9.59 Å². The molecule has 0 radical (unpaired) electrons. The monoisotopic (exact) mass is 801 g/mol. The first-order valence-electron chi connectivity index (χ1n) is 19.2. The lowest BCUT2D eigenvalue weighted by Gasteiger charge is -2.60. The van der Waals surface area contributed by atoms with Gasteiger partial charge < -0.3 is 49.1 Å². The van der Waals surface area contributed by atoms with Crippen molar-refractivity contribution in [2.45, 2.75) is 136 Å². The Morgan fingerprint density at radius 3 is 2.18 bits per heavy atom. The maximum Gasteiger partial charge on any atom is 0.407 e. The number of hydrogen-bond acceptors (Lipinski definition) is 14.